The number of amides is 3. The van der Waals surface area contributed by atoms with Crippen molar-refractivity contribution >= 4 is 17.9 Å². The Bertz CT molecular complexity index is 1270. The molecular formula is C31H38F6N4O4. The van der Waals surface area contributed by atoms with Crippen molar-refractivity contribution in [2.24, 2.45) is 0 Å². The quantitative estimate of drug-likeness (QED) is 0.261. The van der Waals surface area contributed by atoms with Crippen LogP contribution in [0.15, 0.2) is 48.5 Å². The lowest BCUT2D eigenvalue weighted by molar-refractivity contribution is -0.143. The van der Waals surface area contributed by atoms with Gasteiger partial charge in [-0.05, 0) is 68.8 Å². The number of carbonyl (C=O) groups excluding carboxylic acids is 3. The van der Waals surface area contributed by atoms with Crippen molar-refractivity contribution < 1.29 is 45.5 Å². The Morgan fingerprint density at radius 1 is 0.889 bits per heavy atom. The van der Waals surface area contributed by atoms with Crippen molar-refractivity contribution in [1.29, 1.82) is 0 Å². The zero-order valence-electron chi connectivity index (χ0n) is 25.5. The van der Waals surface area contributed by atoms with E-state index in [1.54, 1.807) is 42.2 Å². The van der Waals surface area contributed by atoms with Crippen molar-refractivity contribution in [3.05, 3.63) is 70.8 Å². The maximum atomic E-state index is 13.5. The zero-order chi connectivity index (χ0) is 33.4. The summed E-state index contributed by atoms with van der Waals surface area (Å²) < 4.78 is 85.2. The molecule has 0 aromatic heterocycles. The standard InChI is InChI=1S/C31H38F6N4O4/c1-4-12-38(13-5-2)14-15-39-19-26(41(20-27(39)42)28(43)23-10-8-7-9-11-23)40(6-3)29(44)45-21-22-16-24(30(32,33)34)18-25(17-22)31(35,36)37/h7-11,16-18,26H,4-6,12-15,19-21H2,1-3H3. The molecule has 0 saturated carbocycles. The number of halogens is 6. The van der Waals surface area contributed by atoms with Crippen LogP contribution >= 0.6 is 0 Å². The van der Waals surface area contributed by atoms with Crippen LogP contribution in [-0.4, -0.2) is 89.5 Å². The predicted molar refractivity (Wildman–Crippen MR) is 154 cm³/mol. The number of carbonyl (C=O) groups is 3. The highest BCUT2D eigenvalue weighted by molar-refractivity contribution is 5.97. The van der Waals surface area contributed by atoms with E-state index in [0.717, 1.165) is 30.8 Å². The minimum Gasteiger partial charge on any atom is -0.444 e. The average molecular weight is 645 g/mol. The van der Waals surface area contributed by atoms with Gasteiger partial charge < -0.3 is 19.4 Å². The van der Waals surface area contributed by atoms with E-state index >= 15 is 0 Å². The van der Waals surface area contributed by atoms with Gasteiger partial charge in [-0.1, -0.05) is 32.0 Å². The Morgan fingerprint density at radius 2 is 1.47 bits per heavy atom. The number of nitrogens with zero attached hydrogens (tertiary/aromatic N) is 4. The van der Waals surface area contributed by atoms with Gasteiger partial charge in [0.1, 0.15) is 19.3 Å². The minimum atomic E-state index is -5.06. The first kappa shape index (κ1) is 35.7. The van der Waals surface area contributed by atoms with Gasteiger partial charge in [0, 0.05) is 25.2 Å². The van der Waals surface area contributed by atoms with Crippen LogP contribution in [0.25, 0.3) is 0 Å². The molecule has 2 aromatic rings. The van der Waals surface area contributed by atoms with Crippen molar-refractivity contribution in [3.8, 4) is 0 Å². The maximum Gasteiger partial charge on any atom is 0.416 e. The summed E-state index contributed by atoms with van der Waals surface area (Å²) in [4.78, 5) is 46.3. The van der Waals surface area contributed by atoms with Gasteiger partial charge in [-0.2, -0.15) is 26.3 Å². The summed E-state index contributed by atoms with van der Waals surface area (Å²) in [6.45, 7) is 6.93. The van der Waals surface area contributed by atoms with Gasteiger partial charge in [0.25, 0.3) is 5.91 Å². The third kappa shape index (κ3) is 9.59. The van der Waals surface area contributed by atoms with Crippen LogP contribution in [-0.2, 0) is 28.5 Å². The molecule has 2 aromatic carbocycles. The summed E-state index contributed by atoms with van der Waals surface area (Å²) in [5, 5.41) is 0. The zero-order valence-corrected chi connectivity index (χ0v) is 25.5. The molecule has 1 heterocycles. The first-order valence-electron chi connectivity index (χ1n) is 14.8. The highest BCUT2D eigenvalue weighted by Gasteiger charge is 2.41. The van der Waals surface area contributed by atoms with Crippen molar-refractivity contribution in [2.45, 2.75) is 58.7 Å². The molecule has 45 heavy (non-hydrogen) atoms. The fraction of sp³-hybridized carbons (Fsp3) is 0.516. The Labute approximate surface area is 258 Å². The van der Waals surface area contributed by atoms with Gasteiger partial charge in [0.05, 0.1) is 17.7 Å². The lowest BCUT2D eigenvalue weighted by Gasteiger charge is -2.45. The van der Waals surface area contributed by atoms with Crippen molar-refractivity contribution in [2.75, 3.05) is 45.8 Å². The molecule has 0 spiro atoms. The first-order valence-corrected chi connectivity index (χ1v) is 14.8. The Kier molecular flexibility index (Phi) is 12.3. The molecule has 1 unspecified atom stereocenters. The number of benzene rings is 2. The van der Waals surface area contributed by atoms with Gasteiger partial charge in [0.15, 0.2) is 0 Å². The van der Waals surface area contributed by atoms with Gasteiger partial charge in [-0.15, -0.1) is 0 Å². The molecule has 3 rings (SSSR count). The van der Waals surface area contributed by atoms with E-state index in [-0.39, 0.29) is 37.2 Å². The maximum absolute atomic E-state index is 13.5. The van der Waals surface area contributed by atoms with Crippen LogP contribution in [0.1, 0.15) is 60.7 Å². The average Bonchev–Trinajstić information content (AvgIpc) is 2.99. The fourth-order valence-electron chi connectivity index (χ4n) is 5.21. The van der Waals surface area contributed by atoms with E-state index in [2.05, 4.69) is 4.90 Å². The number of hydrogen-bond acceptors (Lipinski definition) is 5. The Balaban J connectivity index is 1.87. The molecule has 1 aliphatic rings. The smallest absolute Gasteiger partial charge is 0.416 e. The molecule has 0 N–H and O–H groups in total. The third-order valence-corrected chi connectivity index (χ3v) is 7.39. The second kappa shape index (κ2) is 15.5. The predicted octanol–water partition coefficient (Wildman–Crippen LogP) is 6.12. The molecular weight excluding hydrogens is 606 g/mol. The SMILES string of the molecule is CCCN(CCC)CCN1CC(N(CC)C(=O)OCc2cc(C(F)(F)F)cc(C(F)(F)F)c2)N(C(=O)c2ccccc2)CC1=O. The van der Waals surface area contributed by atoms with Gasteiger partial charge in [-0.25, -0.2) is 4.79 Å². The van der Waals surface area contributed by atoms with E-state index in [0.29, 0.717) is 25.2 Å². The number of piperazine rings is 1. The van der Waals surface area contributed by atoms with Gasteiger partial charge in [-0.3, -0.25) is 14.5 Å². The fourth-order valence-corrected chi connectivity index (χ4v) is 5.21. The van der Waals surface area contributed by atoms with E-state index in [1.807, 2.05) is 13.8 Å². The number of alkyl halides is 6. The van der Waals surface area contributed by atoms with Crippen LogP contribution in [0.3, 0.4) is 0 Å². The van der Waals surface area contributed by atoms with Crippen LogP contribution in [0.2, 0.25) is 0 Å². The largest absolute Gasteiger partial charge is 0.444 e. The monoisotopic (exact) mass is 644 g/mol. The lowest BCUT2D eigenvalue weighted by Crippen LogP contribution is -2.65. The van der Waals surface area contributed by atoms with E-state index in [1.165, 1.54) is 4.90 Å². The summed E-state index contributed by atoms with van der Waals surface area (Å²) >= 11 is 0. The van der Waals surface area contributed by atoms with E-state index < -0.39 is 53.8 Å². The molecule has 3 amide bonds. The van der Waals surface area contributed by atoms with Crippen LogP contribution in [0.4, 0.5) is 31.1 Å². The third-order valence-electron chi connectivity index (χ3n) is 7.39. The second-order valence-electron chi connectivity index (χ2n) is 10.7. The lowest BCUT2D eigenvalue weighted by atomic mass is 10.1. The van der Waals surface area contributed by atoms with Crippen LogP contribution < -0.4 is 0 Å². The van der Waals surface area contributed by atoms with Crippen LogP contribution in [0.5, 0.6) is 0 Å². The molecule has 8 nitrogen and oxygen atoms in total. The topological polar surface area (TPSA) is 73.4 Å². The number of rotatable bonds is 12. The number of likely N-dealkylation sites (N-methyl/N-ethyl adjacent to an activating group) is 1. The molecule has 1 atom stereocenters. The van der Waals surface area contributed by atoms with Crippen LogP contribution in [0, 0.1) is 0 Å². The molecule has 1 saturated heterocycles. The summed E-state index contributed by atoms with van der Waals surface area (Å²) in [5.41, 5.74) is -3.30. The van der Waals surface area contributed by atoms with E-state index in [9.17, 15) is 40.7 Å². The Morgan fingerprint density at radius 3 is 1.98 bits per heavy atom. The molecule has 1 aliphatic heterocycles. The van der Waals surface area contributed by atoms with Crippen molar-refractivity contribution in [1.82, 2.24) is 19.6 Å². The Hall–Kier alpha value is -3.81. The summed E-state index contributed by atoms with van der Waals surface area (Å²) in [7, 11) is 0. The van der Waals surface area contributed by atoms with Gasteiger partial charge in [0.2, 0.25) is 5.91 Å². The summed E-state index contributed by atoms with van der Waals surface area (Å²) in [6.07, 6.45) is -10.4. The summed E-state index contributed by atoms with van der Waals surface area (Å²) in [6, 6.07) is 9.09. The molecule has 248 valence electrons. The van der Waals surface area contributed by atoms with Crippen molar-refractivity contribution in [3.63, 3.8) is 0 Å². The molecule has 0 bridgehead atoms. The molecule has 0 aliphatic carbocycles. The second-order valence-corrected chi connectivity index (χ2v) is 10.7. The number of ether oxygens (including phenoxy) is 1. The molecule has 0 radical (unpaired) electrons. The van der Waals surface area contributed by atoms with Gasteiger partial charge >= 0.3 is 18.4 Å². The highest BCUT2D eigenvalue weighted by Crippen LogP contribution is 2.36. The highest BCUT2D eigenvalue weighted by atomic mass is 19.4. The molecule has 14 heteroatoms. The number of hydrogen-bond donors (Lipinski definition) is 0. The summed E-state index contributed by atoms with van der Waals surface area (Å²) in [5.74, 6) is -0.845. The first-order chi connectivity index (χ1) is 21.2. The minimum absolute atomic E-state index is 0.00743. The van der Waals surface area contributed by atoms with E-state index in [4.69, 9.17) is 4.74 Å². The molecule has 1 fully saturated rings. The normalized spacial score (nSPS) is 15.9.